The summed E-state index contributed by atoms with van der Waals surface area (Å²) in [5.74, 6) is -6.09. The number of aliphatic carboxylic acids is 1. The molecule has 90 heavy (non-hydrogen) atoms. The van der Waals surface area contributed by atoms with Crippen LogP contribution in [0.4, 0.5) is 0 Å². The third-order valence-corrected chi connectivity index (χ3v) is 18.3. The molecule has 0 bridgehead atoms. The second-order valence-electron chi connectivity index (χ2n) is 26.1. The van der Waals surface area contributed by atoms with Gasteiger partial charge in [0.2, 0.25) is 11.8 Å². The van der Waals surface area contributed by atoms with Crippen LogP contribution in [-0.2, 0) is 42.8 Å². The number of aliphatic hydroxyl groups excluding tert-OH is 11. The highest BCUT2D eigenvalue weighted by atomic mass is 16.8. The first-order valence-electron chi connectivity index (χ1n) is 35.4. The molecule has 0 aliphatic carbocycles. The molecule has 18 atom stereocenters. The Kier molecular flexibility index (Phi) is 44.1. The highest BCUT2D eigenvalue weighted by Crippen LogP contribution is 2.39. The van der Waals surface area contributed by atoms with Gasteiger partial charge in [0.15, 0.2) is 12.6 Å². The molecule has 3 saturated heterocycles. The molecule has 23 nitrogen and oxygen atoms in total. The van der Waals surface area contributed by atoms with Crippen LogP contribution >= 0.6 is 0 Å². The van der Waals surface area contributed by atoms with Gasteiger partial charge in [0, 0.05) is 19.8 Å². The summed E-state index contributed by atoms with van der Waals surface area (Å²) in [7, 11) is 0. The Hall–Kier alpha value is -2.27. The maximum absolute atomic E-state index is 13.5. The quantitative estimate of drug-likeness (QED) is 0.0288. The summed E-state index contributed by atoms with van der Waals surface area (Å²) in [6, 6.07) is -2.52. The second-order valence-corrected chi connectivity index (χ2v) is 26.1. The molecule has 23 heteroatoms. The molecule has 3 rings (SSSR count). The van der Waals surface area contributed by atoms with Crippen LogP contribution in [0.2, 0.25) is 0 Å². The summed E-state index contributed by atoms with van der Waals surface area (Å²) < 4.78 is 34.9. The fourth-order valence-corrected chi connectivity index (χ4v) is 12.7. The van der Waals surface area contributed by atoms with Crippen molar-refractivity contribution in [3.05, 3.63) is 0 Å². The van der Waals surface area contributed by atoms with Crippen molar-refractivity contribution in [2.75, 3.05) is 26.4 Å². The van der Waals surface area contributed by atoms with Crippen LogP contribution in [0.25, 0.3) is 0 Å². The number of unbranched alkanes of at least 4 members (excludes halogenated alkanes) is 34. The molecule has 0 saturated carbocycles. The summed E-state index contributed by atoms with van der Waals surface area (Å²) in [6.07, 6.45) is 15.3. The fraction of sp³-hybridized carbons (Fsp3) is 0.955. The minimum Gasteiger partial charge on any atom is -0.477 e. The first-order valence-corrected chi connectivity index (χ1v) is 35.4. The summed E-state index contributed by atoms with van der Waals surface area (Å²) in [6.45, 7) is 2.23. The van der Waals surface area contributed by atoms with E-state index in [0.717, 1.165) is 51.9 Å². The van der Waals surface area contributed by atoms with Gasteiger partial charge in [0.05, 0.1) is 50.7 Å². The van der Waals surface area contributed by atoms with Crippen LogP contribution in [0.5, 0.6) is 0 Å². The lowest BCUT2D eigenvalue weighted by molar-refractivity contribution is -0.386. The van der Waals surface area contributed by atoms with E-state index in [4.69, 9.17) is 28.4 Å². The largest absolute Gasteiger partial charge is 0.477 e. The number of hydrogen-bond donors (Lipinski definition) is 14. The Bertz CT molecular complexity index is 1830. The Balaban J connectivity index is 1.59. The van der Waals surface area contributed by atoms with Gasteiger partial charge in [-0.3, -0.25) is 9.59 Å². The van der Waals surface area contributed by atoms with E-state index in [2.05, 4.69) is 24.5 Å². The maximum atomic E-state index is 13.5. The number of rotatable bonds is 54. The smallest absolute Gasteiger partial charge is 0.364 e. The van der Waals surface area contributed by atoms with Crippen molar-refractivity contribution < 1.29 is 104 Å². The van der Waals surface area contributed by atoms with Crippen molar-refractivity contribution in [1.82, 2.24) is 10.6 Å². The predicted octanol–water partition coefficient (Wildman–Crippen LogP) is 6.51. The van der Waals surface area contributed by atoms with Crippen LogP contribution in [0.1, 0.15) is 271 Å². The zero-order chi connectivity index (χ0) is 66.1. The van der Waals surface area contributed by atoms with Crippen molar-refractivity contribution in [3.8, 4) is 0 Å². The molecule has 0 spiro atoms. The van der Waals surface area contributed by atoms with E-state index in [-0.39, 0.29) is 18.9 Å². The van der Waals surface area contributed by atoms with Gasteiger partial charge in [-0.15, -0.1) is 0 Å². The number of nitrogens with one attached hydrogen (secondary N) is 2. The number of carboxylic acids is 1. The number of aliphatic hydroxyl groups is 11. The van der Waals surface area contributed by atoms with E-state index in [1.165, 1.54) is 173 Å². The summed E-state index contributed by atoms with van der Waals surface area (Å²) in [4.78, 5) is 38.6. The van der Waals surface area contributed by atoms with Crippen molar-refractivity contribution in [2.45, 2.75) is 381 Å². The number of carbonyl (C=O) groups excluding carboxylic acids is 2. The first-order chi connectivity index (χ1) is 43.4. The fourth-order valence-electron chi connectivity index (χ4n) is 12.7. The lowest BCUT2D eigenvalue weighted by atomic mass is 9.88. The number of carboxylic acid groups (broad SMARTS) is 1. The van der Waals surface area contributed by atoms with Crippen molar-refractivity contribution in [2.24, 2.45) is 0 Å². The molecule has 530 valence electrons. The van der Waals surface area contributed by atoms with Gasteiger partial charge in [-0.2, -0.15) is 0 Å². The van der Waals surface area contributed by atoms with Gasteiger partial charge in [-0.25, -0.2) is 4.79 Å². The van der Waals surface area contributed by atoms with Crippen LogP contribution < -0.4 is 10.6 Å². The average molecular weight is 1300 g/mol. The molecule has 0 aromatic rings. The van der Waals surface area contributed by atoms with Gasteiger partial charge < -0.3 is 100 Å². The standard InChI is InChI=1S/C67H126N2O21/c1-4-6-8-10-12-14-16-18-20-22-23-24-25-26-28-30-32-34-36-38-40-49(74)48(69-54(77)41-39-37-35-33-31-29-27-21-19-17-15-13-11-9-7-5-2)46-85-64-59(81)58(80)61(53(45-72)87-64)88-65-60(82)63(57(79)52(44-71)86-65)90-67(66(83)84)42-50(75)55(68-47(3)73)62(89-67)56(78)51(76)43-70/h48-53,55-65,70-72,74-76,78-82H,4-46H2,1-3H3,(H,68,73)(H,69,77)(H,83,84). The lowest BCUT2D eigenvalue weighted by Gasteiger charge is -2.50. The number of ether oxygens (including phenoxy) is 6. The van der Waals surface area contributed by atoms with E-state index in [9.17, 15) is 75.7 Å². The van der Waals surface area contributed by atoms with Crippen LogP contribution in [0.15, 0.2) is 0 Å². The Morgan fingerprint density at radius 1 is 0.533 bits per heavy atom. The SMILES string of the molecule is CCCCCCCCCCCCCCCCCCCCCCC(O)C(COC1OC(CO)C(OC2OC(CO)C(O)C(OC3(C(=O)O)CC(O)C(NC(C)=O)C(C(O)C(O)CO)O3)C2O)C(O)C1O)NC(=O)CCCCCCCCCCCCCCCCCC. The summed E-state index contributed by atoms with van der Waals surface area (Å²) in [5, 5.41) is 136. The van der Waals surface area contributed by atoms with E-state index >= 15 is 0 Å². The van der Waals surface area contributed by atoms with E-state index in [0.29, 0.717) is 19.3 Å². The Morgan fingerprint density at radius 2 is 0.967 bits per heavy atom. The lowest BCUT2D eigenvalue weighted by Crippen LogP contribution is -2.70. The summed E-state index contributed by atoms with van der Waals surface area (Å²) >= 11 is 0. The summed E-state index contributed by atoms with van der Waals surface area (Å²) in [5.41, 5.74) is 0. The molecule has 18 unspecified atom stereocenters. The topological polar surface area (TPSA) is 373 Å². The van der Waals surface area contributed by atoms with Crippen molar-refractivity contribution >= 4 is 17.8 Å². The van der Waals surface area contributed by atoms with E-state index < -0.39 is 148 Å². The molecule has 2 amide bonds. The monoisotopic (exact) mass is 1290 g/mol. The number of carbonyl (C=O) groups is 3. The molecule has 3 aliphatic heterocycles. The van der Waals surface area contributed by atoms with Gasteiger partial charge in [0.1, 0.15) is 67.1 Å². The van der Waals surface area contributed by atoms with E-state index in [1.54, 1.807) is 0 Å². The molecular weight excluding hydrogens is 1170 g/mol. The van der Waals surface area contributed by atoms with Gasteiger partial charge >= 0.3 is 5.97 Å². The third-order valence-electron chi connectivity index (χ3n) is 18.3. The maximum Gasteiger partial charge on any atom is 0.364 e. The van der Waals surface area contributed by atoms with Crippen LogP contribution in [0, 0.1) is 0 Å². The molecule has 14 N–H and O–H groups in total. The molecular formula is C67H126N2O21. The highest BCUT2D eigenvalue weighted by Gasteiger charge is 2.60. The normalized spacial score (nSPS) is 28.5. The van der Waals surface area contributed by atoms with Gasteiger partial charge in [0.25, 0.3) is 5.79 Å². The number of amides is 2. The van der Waals surface area contributed by atoms with E-state index in [1.807, 2.05) is 0 Å². The first kappa shape index (κ1) is 82.0. The molecule has 0 aromatic heterocycles. The molecule has 3 fully saturated rings. The minimum absolute atomic E-state index is 0.229. The molecule has 3 aliphatic rings. The van der Waals surface area contributed by atoms with Crippen molar-refractivity contribution in [1.29, 1.82) is 0 Å². The zero-order valence-electron chi connectivity index (χ0n) is 55.3. The van der Waals surface area contributed by atoms with Gasteiger partial charge in [-0.05, 0) is 12.8 Å². The zero-order valence-corrected chi connectivity index (χ0v) is 55.3. The van der Waals surface area contributed by atoms with Crippen LogP contribution in [-0.4, -0.2) is 215 Å². The number of hydrogen-bond acceptors (Lipinski definition) is 20. The van der Waals surface area contributed by atoms with Crippen LogP contribution in [0.3, 0.4) is 0 Å². The predicted molar refractivity (Wildman–Crippen MR) is 339 cm³/mol. The average Bonchev–Trinajstić information content (AvgIpc) is 0.848. The van der Waals surface area contributed by atoms with Crippen molar-refractivity contribution in [3.63, 3.8) is 0 Å². The van der Waals surface area contributed by atoms with Gasteiger partial charge in [-0.1, -0.05) is 239 Å². The molecule has 3 heterocycles. The molecule has 0 radical (unpaired) electrons. The minimum atomic E-state index is -3.08. The Morgan fingerprint density at radius 3 is 1.39 bits per heavy atom. The molecule has 0 aromatic carbocycles. The highest BCUT2D eigenvalue weighted by molar-refractivity contribution is 5.77. The second kappa shape index (κ2) is 48.4. The Labute approximate surface area is 538 Å². The third kappa shape index (κ3) is 30.6.